The Hall–Kier alpha value is -2.89. The van der Waals surface area contributed by atoms with E-state index < -0.39 is 5.82 Å². The van der Waals surface area contributed by atoms with Gasteiger partial charge in [-0.25, -0.2) is 8.78 Å². The number of nitrogens with one attached hydrogen (secondary N) is 1. The van der Waals surface area contributed by atoms with Crippen LogP contribution in [-0.4, -0.2) is 29.4 Å². The van der Waals surface area contributed by atoms with Gasteiger partial charge in [0.1, 0.15) is 11.6 Å². The number of halogens is 2. The Kier molecular flexibility index (Phi) is 5.74. The van der Waals surface area contributed by atoms with Crippen molar-refractivity contribution in [2.75, 3.05) is 18.0 Å². The number of rotatable bonds is 7. The molecule has 3 aromatic rings. The van der Waals surface area contributed by atoms with Crippen LogP contribution in [0.5, 0.6) is 5.88 Å². The van der Waals surface area contributed by atoms with E-state index in [4.69, 9.17) is 0 Å². The topological polar surface area (TPSA) is 51.6 Å². The molecule has 0 spiro atoms. The predicted molar refractivity (Wildman–Crippen MR) is 106 cm³/mol. The van der Waals surface area contributed by atoms with Gasteiger partial charge in [0.25, 0.3) is 0 Å². The van der Waals surface area contributed by atoms with Crippen molar-refractivity contribution in [3.63, 3.8) is 0 Å². The van der Waals surface area contributed by atoms with E-state index in [2.05, 4.69) is 16.9 Å². The average molecular weight is 371 g/mol. The van der Waals surface area contributed by atoms with Crippen LogP contribution < -0.4 is 4.90 Å². The Bertz CT molecular complexity index is 965. The second kappa shape index (κ2) is 8.20. The van der Waals surface area contributed by atoms with Crippen LogP contribution in [0.15, 0.2) is 41.4 Å². The quantitative estimate of drug-likeness (QED) is 0.537. The number of benzene rings is 2. The van der Waals surface area contributed by atoms with Crippen molar-refractivity contribution in [2.24, 2.45) is 4.99 Å². The van der Waals surface area contributed by atoms with E-state index in [-0.39, 0.29) is 22.6 Å². The van der Waals surface area contributed by atoms with Crippen LogP contribution in [0.25, 0.3) is 10.9 Å². The average Bonchev–Trinajstić information content (AvgIpc) is 2.98. The smallest absolute Gasteiger partial charge is 0.198 e. The highest BCUT2D eigenvalue weighted by Gasteiger charge is 2.13. The number of fused-ring (bicyclic) bond motifs is 1. The van der Waals surface area contributed by atoms with Crippen LogP contribution in [-0.2, 0) is 0 Å². The molecule has 142 valence electrons. The summed E-state index contributed by atoms with van der Waals surface area (Å²) in [4.78, 5) is 8.92. The zero-order valence-electron chi connectivity index (χ0n) is 15.5. The van der Waals surface area contributed by atoms with E-state index in [1.807, 2.05) is 11.8 Å². The summed E-state index contributed by atoms with van der Waals surface area (Å²) in [5, 5.41) is 10.3. The number of anilines is 1. The lowest BCUT2D eigenvalue weighted by atomic mass is 10.1. The summed E-state index contributed by atoms with van der Waals surface area (Å²) in [5.41, 5.74) is 1.66. The van der Waals surface area contributed by atoms with Crippen LogP contribution >= 0.6 is 0 Å². The molecule has 2 aromatic carbocycles. The molecule has 0 aliphatic carbocycles. The second-order valence-electron chi connectivity index (χ2n) is 6.38. The fourth-order valence-electron chi connectivity index (χ4n) is 3.11. The number of unbranched alkanes of at least 4 members (excludes halogenated alkanes) is 1. The Balaban J connectivity index is 1.89. The number of hydrogen-bond donors (Lipinski definition) is 2. The molecule has 1 aromatic heterocycles. The van der Waals surface area contributed by atoms with Gasteiger partial charge < -0.3 is 15.0 Å². The minimum absolute atomic E-state index is 0.173. The number of hydrogen-bond acceptors (Lipinski definition) is 3. The zero-order chi connectivity index (χ0) is 19.4. The van der Waals surface area contributed by atoms with E-state index in [0.29, 0.717) is 16.9 Å². The molecule has 0 saturated carbocycles. The second-order valence-corrected chi connectivity index (χ2v) is 6.38. The summed E-state index contributed by atoms with van der Waals surface area (Å²) in [7, 11) is 0. The van der Waals surface area contributed by atoms with Gasteiger partial charge in [-0.1, -0.05) is 19.4 Å². The van der Waals surface area contributed by atoms with Gasteiger partial charge in [-0.15, -0.1) is 0 Å². The van der Waals surface area contributed by atoms with Gasteiger partial charge in [0.15, 0.2) is 5.88 Å². The third-order valence-corrected chi connectivity index (χ3v) is 4.57. The van der Waals surface area contributed by atoms with Crippen LogP contribution in [0, 0.1) is 11.6 Å². The molecule has 0 bridgehead atoms. The molecule has 0 radical (unpaired) electrons. The van der Waals surface area contributed by atoms with Gasteiger partial charge in [-0.2, -0.15) is 0 Å². The molecular weight excluding hydrogens is 348 g/mol. The van der Waals surface area contributed by atoms with Crippen molar-refractivity contribution in [3.05, 3.63) is 53.6 Å². The first-order valence-corrected chi connectivity index (χ1v) is 9.12. The maximum absolute atomic E-state index is 14.5. The summed E-state index contributed by atoms with van der Waals surface area (Å²) in [5.74, 6) is -0.980. The minimum atomic E-state index is -0.457. The lowest BCUT2D eigenvalue weighted by Gasteiger charge is -2.23. The van der Waals surface area contributed by atoms with Crippen molar-refractivity contribution in [1.29, 1.82) is 0 Å². The Labute approximate surface area is 157 Å². The van der Waals surface area contributed by atoms with E-state index in [9.17, 15) is 13.9 Å². The standard InChI is InChI=1S/C21H23F2N3O/c1-3-5-11-26(4-2)19-10-9-14(12-17(19)23)24-13-15-20-16(22)7-6-8-18(20)25-21(15)27/h6-10,12-13,25,27H,3-5,11H2,1-2H3. The third kappa shape index (κ3) is 3.94. The molecule has 0 fully saturated rings. The molecule has 2 N–H and O–H groups in total. The fourth-order valence-corrected chi connectivity index (χ4v) is 3.11. The lowest BCUT2D eigenvalue weighted by Crippen LogP contribution is -2.24. The van der Waals surface area contributed by atoms with Crippen molar-refractivity contribution in [3.8, 4) is 5.88 Å². The number of aromatic nitrogens is 1. The number of H-pyrrole nitrogens is 1. The highest BCUT2D eigenvalue weighted by Crippen LogP contribution is 2.29. The van der Waals surface area contributed by atoms with Crippen molar-refractivity contribution in [2.45, 2.75) is 26.7 Å². The first-order chi connectivity index (χ1) is 13.0. The summed E-state index contributed by atoms with van der Waals surface area (Å²) >= 11 is 0. The van der Waals surface area contributed by atoms with Crippen molar-refractivity contribution in [1.82, 2.24) is 4.98 Å². The largest absolute Gasteiger partial charge is 0.494 e. The summed E-state index contributed by atoms with van der Waals surface area (Å²) in [6.07, 6.45) is 3.39. The molecule has 0 atom stereocenters. The first-order valence-electron chi connectivity index (χ1n) is 9.12. The number of aromatic hydroxyl groups is 1. The molecule has 0 aliphatic rings. The fraction of sp³-hybridized carbons (Fsp3) is 0.286. The SMILES string of the molecule is CCCCN(CC)c1ccc(N=Cc2c(O)[nH]c3cccc(F)c23)cc1F. The number of aliphatic imine (C=N–C) groups is 1. The maximum atomic E-state index is 14.5. The van der Waals surface area contributed by atoms with Crippen molar-refractivity contribution < 1.29 is 13.9 Å². The van der Waals surface area contributed by atoms with Gasteiger partial charge in [0.2, 0.25) is 0 Å². The Morgan fingerprint density at radius 2 is 1.96 bits per heavy atom. The van der Waals surface area contributed by atoms with Gasteiger partial charge in [0.05, 0.1) is 22.5 Å². The number of nitrogens with zero attached hydrogens (tertiary/aromatic N) is 2. The van der Waals surface area contributed by atoms with E-state index in [1.165, 1.54) is 18.3 Å². The van der Waals surface area contributed by atoms with Crippen LogP contribution in [0.4, 0.5) is 20.2 Å². The van der Waals surface area contributed by atoms with Gasteiger partial charge in [-0.05, 0) is 37.6 Å². The molecule has 4 nitrogen and oxygen atoms in total. The lowest BCUT2D eigenvalue weighted by molar-refractivity contribution is 0.457. The highest BCUT2D eigenvalue weighted by atomic mass is 19.1. The molecule has 1 heterocycles. The Morgan fingerprint density at radius 3 is 2.67 bits per heavy atom. The van der Waals surface area contributed by atoms with E-state index >= 15 is 0 Å². The molecule has 3 rings (SSSR count). The Morgan fingerprint density at radius 1 is 1.15 bits per heavy atom. The summed E-state index contributed by atoms with van der Waals surface area (Å²) < 4.78 is 28.6. The summed E-state index contributed by atoms with van der Waals surface area (Å²) in [6.45, 7) is 5.62. The van der Waals surface area contributed by atoms with Crippen LogP contribution in [0.3, 0.4) is 0 Å². The molecule has 27 heavy (non-hydrogen) atoms. The van der Waals surface area contributed by atoms with E-state index in [1.54, 1.807) is 24.3 Å². The monoisotopic (exact) mass is 371 g/mol. The van der Waals surface area contributed by atoms with Crippen LogP contribution in [0.1, 0.15) is 32.3 Å². The summed E-state index contributed by atoms with van der Waals surface area (Å²) in [6, 6.07) is 9.31. The maximum Gasteiger partial charge on any atom is 0.198 e. The molecule has 6 heteroatoms. The molecule has 0 unspecified atom stereocenters. The zero-order valence-corrected chi connectivity index (χ0v) is 15.5. The predicted octanol–water partition coefficient (Wildman–Crippen LogP) is 5.53. The van der Waals surface area contributed by atoms with Crippen molar-refractivity contribution >= 4 is 28.5 Å². The third-order valence-electron chi connectivity index (χ3n) is 4.57. The van der Waals surface area contributed by atoms with Gasteiger partial charge in [-0.3, -0.25) is 4.99 Å². The van der Waals surface area contributed by atoms with Crippen LogP contribution in [0.2, 0.25) is 0 Å². The van der Waals surface area contributed by atoms with Gasteiger partial charge in [0, 0.05) is 30.8 Å². The normalized spacial score (nSPS) is 11.6. The molecule has 0 amide bonds. The molecular formula is C21H23F2N3O. The minimum Gasteiger partial charge on any atom is -0.494 e. The number of aromatic amines is 1. The molecule has 0 saturated heterocycles. The van der Waals surface area contributed by atoms with Gasteiger partial charge >= 0.3 is 0 Å². The van der Waals surface area contributed by atoms with E-state index in [0.717, 1.165) is 25.9 Å². The molecule has 0 aliphatic heterocycles. The highest BCUT2D eigenvalue weighted by molar-refractivity contribution is 6.02. The first kappa shape index (κ1) is 18.9.